The van der Waals surface area contributed by atoms with Gasteiger partial charge >= 0.3 is 0 Å². The average molecular weight is 301 g/mol. The van der Waals surface area contributed by atoms with Crippen LogP contribution in [0.2, 0.25) is 0 Å². The molecule has 0 aliphatic carbocycles. The molecule has 2 aromatic carbocycles. The zero-order valence-corrected chi connectivity index (χ0v) is 13.1. The molecule has 1 heterocycles. The summed E-state index contributed by atoms with van der Waals surface area (Å²) in [7, 11) is 0. The Morgan fingerprint density at radius 1 is 1.05 bits per heavy atom. The molecular formula is C19H21ClO. The fourth-order valence-electron chi connectivity index (χ4n) is 2.98. The molecule has 21 heavy (non-hydrogen) atoms. The minimum absolute atomic E-state index is 0.0562. The first-order chi connectivity index (χ1) is 10.2. The molecule has 0 spiro atoms. The number of hydrogen-bond donors (Lipinski definition) is 0. The Morgan fingerprint density at radius 2 is 1.71 bits per heavy atom. The SMILES string of the molecule is CC1CC(C(Cl)c2ccc(Cc3ccccc3)cc2)CO1. The van der Waals surface area contributed by atoms with Crippen molar-refractivity contribution in [3.63, 3.8) is 0 Å². The van der Waals surface area contributed by atoms with E-state index in [0.29, 0.717) is 12.0 Å². The Kier molecular flexibility index (Phi) is 4.62. The average Bonchev–Trinajstić information content (AvgIpc) is 2.95. The number of ether oxygens (including phenoxy) is 1. The summed E-state index contributed by atoms with van der Waals surface area (Å²) >= 11 is 6.61. The Bertz CT molecular complexity index is 564. The minimum Gasteiger partial charge on any atom is -0.378 e. The maximum atomic E-state index is 6.61. The summed E-state index contributed by atoms with van der Waals surface area (Å²) in [6.07, 6.45) is 2.37. The number of alkyl halides is 1. The van der Waals surface area contributed by atoms with Crippen LogP contribution in [0.5, 0.6) is 0 Å². The van der Waals surface area contributed by atoms with Gasteiger partial charge in [-0.2, -0.15) is 0 Å². The second kappa shape index (κ2) is 6.64. The Labute approximate surface area is 131 Å². The molecule has 1 saturated heterocycles. The third kappa shape index (κ3) is 3.66. The molecule has 3 atom stereocenters. The molecule has 1 fully saturated rings. The van der Waals surface area contributed by atoms with Crippen molar-refractivity contribution in [2.45, 2.75) is 31.2 Å². The van der Waals surface area contributed by atoms with Gasteiger partial charge in [-0.1, -0.05) is 54.6 Å². The van der Waals surface area contributed by atoms with Gasteiger partial charge in [0.1, 0.15) is 0 Å². The van der Waals surface area contributed by atoms with Gasteiger partial charge in [-0.05, 0) is 36.5 Å². The van der Waals surface area contributed by atoms with Gasteiger partial charge in [-0.15, -0.1) is 11.6 Å². The van der Waals surface area contributed by atoms with E-state index >= 15 is 0 Å². The standard InChI is InChI=1S/C19H21ClO/c1-14-11-18(13-21-14)19(20)17-9-7-16(8-10-17)12-15-5-3-2-4-6-15/h2-10,14,18-19H,11-13H2,1H3. The van der Waals surface area contributed by atoms with Crippen LogP contribution in [0.4, 0.5) is 0 Å². The summed E-state index contributed by atoms with van der Waals surface area (Å²) < 4.78 is 5.63. The molecule has 0 bridgehead atoms. The number of rotatable bonds is 4. The van der Waals surface area contributed by atoms with Crippen LogP contribution >= 0.6 is 11.6 Å². The molecule has 0 aromatic heterocycles. The van der Waals surface area contributed by atoms with Gasteiger partial charge < -0.3 is 4.74 Å². The summed E-state index contributed by atoms with van der Waals surface area (Å²) in [6.45, 7) is 2.90. The Hall–Kier alpha value is -1.31. The molecule has 1 aliphatic rings. The van der Waals surface area contributed by atoms with Crippen LogP contribution in [0.25, 0.3) is 0 Å². The van der Waals surface area contributed by atoms with E-state index < -0.39 is 0 Å². The molecular weight excluding hydrogens is 280 g/mol. The molecule has 2 aromatic rings. The predicted molar refractivity (Wildman–Crippen MR) is 87.8 cm³/mol. The molecule has 3 rings (SSSR count). The highest BCUT2D eigenvalue weighted by Crippen LogP contribution is 2.36. The highest BCUT2D eigenvalue weighted by molar-refractivity contribution is 6.21. The van der Waals surface area contributed by atoms with Crippen LogP contribution in [0.3, 0.4) is 0 Å². The fourth-order valence-corrected chi connectivity index (χ4v) is 3.30. The second-order valence-electron chi connectivity index (χ2n) is 5.95. The van der Waals surface area contributed by atoms with E-state index in [4.69, 9.17) is 16.3 Å². The number of benzene rings is 2. The number of halogens is 1. The normalized spacial score (nSPS) is 23.1. The van der Waals surface area contributed by atoms with Crippen LogP contribution in [0.15, 0.2) is 54.6 Å². The van der Waals surface area contributed by atoms with E-state index in [1.807, 2.05) is 0 Å². The van der Waals surface area contributed by atoms with Crippen molar-refractivity contribution in [2.75, 3.05) is 6.61 Å². The smallest absolute Gasteiger partial charge is 0.0636 e. The Balaban J connectivity index is 1.66. The lowest BCUT2D eigenvalue weighted by atomic mass is 9.95. The van der Waals surface area contributed by atoms with E-state index in [0.717, 1.165) is 19.4 Å². The summed E-state index contributed by atoms with van der Waals surface area (Å²) in [5.41, 5.74) is 3.87. The van der Waals surface area contributed by atoms with Crippen molar-refractivity contribution in [2.24, 2.45) is 5.92 Å². The molecule has 110 valence electrons. The lowest BCUT2D eigenvalue weighted by Crippen LogP contribution is -2.08. The van der Waals surface area contributed by atoms with E-state index in [1.165, 1.54) is 16.7 Å². The first-order valence-corrected chi connectivity index (χ1v) is 8.04. The van der Waals surface area contributed by atoms with Gasteiger partial charge in [0.05, 0.1) is 18.1 Å². The van der Waals surface area contributed by atoms with Crippen LogP contribution in [-0.2, 0) is 11.2 Å². The molecule has 1 aliphatic heterocycles. The molecule has 2 heteroatoms. The summed E-state index contributed by atoms with van der Waals surface area (Å²) in [5, 5.41) is 0.0562. The zero-order valence-electron chi connectivity index (χ0n) is 12.3. The molecule has 0 amide bonds. The molecule has 3 unspecified atom stereocenters. The van der Waals surface area contributed by atoms with Gasteiger partial charge in [-0.3, -0.25) is 0 Å². The Morgan fingerprint density at radius 3 is 2.33 bits per heavy atom. The van der Waals surface area contributed by atoms with Crippen LogP contribution in [0, 0.1) is 5.92 Å². The maximum absolute atomic E-state index is 6.61. The second-order valence-corrected chi connectivity index (χ2v) is 6.42. The fraction of sp³-hybridized carbons (Fsp3) is 0.368. The molecule has 0 N–H and O–H groups in total. The van der Waals surface area contributed by atoms with Crippen molar-refractivity contribution in [3.8, 4) is 0 Å². The topological polar surface area (TPSA) is 9.23 Å². The van der Waals surface area contributed by atoms with Crippen molar-refractivity contribution < 1.29 is 4.74 Å². The lowest BCUT2D eigenvalue weighted by molar-refractivity contribution is 0.120. The van der Waals surface area contributed by atoms with E-state index in [-0.39, 0.29) is 5.38 Å². The van der Waals surface area contributed by atoms with E-state index in [9.17, 15) is 0 Å². The molecule has 0 saturated carbocycles. The summed E-state index contributed by atoms with van der Waals surface area (Å²) in [4.78, 5) is 0. The van der Waals surface area contributed by atoms with Gasteiger partial charge in [-0.25, -0.2) is 0 Å². The zero-order chi connectivity index (χ0) is 14.7. The monoisotopic (exact) mass is 300 g/mol. The third-order valence-electron chi connectivity index (χ3n) is 4.19. The van der Waals surface area contributed by atoms with Crippen LogP contribution < -0.4 is 0 Å². The van der Waals surface area contributed by atoms with Crippen molar-refractivity contribution in [1.82, 2.24) is 0 Å². The largest absolute Gasteiger partial charge is 0.378 e. The van der Waals surface area contributed by atoms with Crippen LogP contribution in [0.1, 0.15) is 35.4 Å². The van der Waals surface area contributed by atoms with Gasteiger partial charge in [0.15, 0.2) is 0 Å². The molecule has 0 radical (unpaired) electrons. The predicted octanol–water partition coefficient (Wildman–Crippen LogP) is 4.98. The van der Waals surface area contributed by atoms with Gasteiger partial charge in [0.25, 0.3) is 0 Å². The summed E-state index contributed by atoms with van der Waals surface area (Å²) in [5.74, 6) is 0.432. The van der Waals surface area contributed by atoms with Crippen molar-refractivity contribution in [1.29, 1.82) is 0 Å². The first kappa shape index (κ1) is 14.6. The van der Waals surface area contributed by atoms with Gasteiger partial charge in [0.2, 0.25) is 0 Å². The third-order valence-corrected chi connectivity index (χ3v) is 4.80. The maximum Gasteiger partial charge on any atom is 0.0636 e. The molecule has 1 nitrogen and oxygen atoms in total. The highest BCUT2D eigenvalue weighted by atomic mass is 35.5. The summed E-state index contributed by atoms with van der Waals surface area (Å²) in [6, 6.07) is 19.3. The highest BCUT2D eigenvalue weighted by Gasteiger charge is 2.29. The lowest BCUT2D eigenvalue weighted by Gasteiger charge is -2.16. The van der Waals surface area contributed by atoms with Gasteiger partial charge in [0, 0.05) is 5.92 Å². The van der Waals surface area contributed by atoms with Crippen molar-refractivity contribution >= 4 is 11.6 Å². The quantitative estimate of drug-likeness (QED) is 0.723. The first-order valence-electron chi connectivity index (χ1n) is 7.61. The van der Waals surface area contributed by atoms with Crippen molar-refractivity contribution in [3.05, 3.63) is 71.3 Å². The van der Waals surface area contributed by atoms with E-state index in [2.05, 4.69) is 61.5 Å². The van der Waals surface area contributed by atoms with E-state index in [1.54, 1.807) is 0 Å². The van der Waals surface area contributed by atoms with Crippen LogP contribution in [-0.4, -0.2) is 12.7 Å². The number of hydrogen-bond acceptors (Lipinski definition) is 1. The minimum atomic E-state index is 0.0562.